The molecular formula is C15H25NO5. The third-order valence-electron chi connectivity index (χ3n) is 4.00. The van der Waals surface area contributed by atoms with Gasteiger partial charge in [-0.05, 0) is 26.7 Å². The van der Waals surface area contributed by atoms with Gasteiger partial charge in [-0.1, -0.05) is 6.08 Å². The zero-order valence-corrected chi connectivity index (χ0v) is 12.9. The van der Waals surface area contributed by atoms with E-state index in [4.69, 9.17) is 14.2 Å². The van der Waals surface area contributed by atoms with E-state index in [1.807, 2.05) is 13.8 Å². The molecule has 2 rings (SSSR count). The van der Waals surface area contributed by atoms with Crippen LogP contribution >= 0.6 is 0 Å². The molecule has 6 heteroatoms. The minimum absolute atomic E-state index is 0.0541. The molecule has 0 unspecified atom stereocenters. The fraction of sp³-hybridized carbons (Fsp3) is 0.800. The number of nitrogens with zero attached hydrogens (tertiary/aromatic N) is 1. The van der Waals surface area contributed by atoms with Gasteiger partial charge < -0.3 is 24.2 Å². The van der Waals surface area contributed by atoms with Crippen LogP contribution in [0.2, 0.25) is 0 Å². The van der Waals surface area contributed by atoms with E-state index >= 15 is 0 Å². The van der Waals surface area contributed by atoms with Crippen LogP contribution in [0.15, 0.2) is 12.7 Å². The van der Waals surface area contributed by atoms with E-state index in [1.54, 1.807) is 11.0 Å². The maximum absolute atomic E-state index is 12.1. The predicted molar refractivity (Wildman–Crippen MR) is 76.6 cm³/mol. The second-order valence-corrected chi connectivity index (χ2v) is 6.01. The highest BCUT2D eigenvalue weighted by atomic mass is 16.7. The number of methoxy groups -OCH3 is 1. The largest absolute Gasteiger partial charge is 0.393 e. The molecule has 6 nitrogen and oxygen atoms in total. The van der Waals surface area contributed by atoms with Gasteiger partial charge in [0.2, 0.25) is 0 Å². The topological polar surface area (TPSA) is 68.2 Å². The van der Waals surface area contributed by atoms with Crippen LogP contribution in [0.4, 0.5) is 0 Å². The van der Waals surface area contributed by atoms with Gasteiger partial charge in [0, 0.05) is 13.7 Å². The molecule has 120 valence electrons. The first-order valence-electron chi connectivity index (χ1n) is 7.33. The smallest absolute Gasteiger partial charge is 0.254 e. The third-order valence-corrected chi connectivity index (χ3v) is 4.00. The molecule has 2 heterocycles. The standard InChI is InChI=1S/C15H25NO5/c1-5-6-10(17)7-8-16-12(13(19-4)14(16)18)11-9-20-15(2,3)21-11/h5,10-13,17H,1,6-9H2,2-4H3/t10-,11+,12-,13+/m0/s1. The quantitative estimate of drug-likeness (QED) is 0.553. The minimum Gasteiger partial charge on any atom is -0.393 e. The Hall–Kier alpha value is -0.950. The van der Waals surface area contributed by atoms with E-state index in [2.05, 4.69) is 6.58 Å². The van der Waals surface area contributed by atoms with Gasteiger partial charge in [-0.2, -0.15) is 0 Å². The number of hydrogen-bond acceptors (Lipinski definition) is 5. The molecule has 0 radical (unpaired) electrons. The average Bonchev–Trinajstić information content (AvgIpc) is 2.76. The van der Waals surface area contributed by atoms with Crippen LogP contribution in [0.5, 0.6) is 0 Å². The van der Waals surface area contributed by atoms with E-state index in [1.165, 1.54) is 7.11 Å². The van der Waals surface area contributed by atoms with Gasteiger partial charge in [-0.15, -0.1) is 6.58 Å². The summed E-state index contributed by atoms with van der Waals surface area (Å²) >= 11 is 0. The van der Waals surface area contributed by atoms with Crippen LogP contribution in [0, 0.1) is 0 Å². The lowest BCUT2D eigenvalue weighted by atomic mass is 9.92. The van der Waals surface area contributed by atoms with Crippen molar-refractivity contribution in [1.29, 1.82) is 0 Å². The fourth-order valence-electron chi connectivity index (χ4n) is 2.91. The number of hydrogen-bond donors (Lipinski definition) is 1. The molecular weight excluding hydrogens is 274 g/mol. The molecule has 0 aromatic carbocycles. The Morgan fingerprint density at radius 2 is 2.33 bits per heavy atom. The van der Waals surface area contributed by atoms with Gasteiger partial charge in [0.15, 0.2) is 11.9 Å². The molecule has 0 aliphatic carbocycles. The summed E-state index contributed by atoms with van der Waals surface area (Å²) in [6.07, 6.45) is 1.56. The summed E-state index contributed by atoms with van der Waals surface area (Å²) in [5.74, 6) is -0.683. The third kappa shape index (κ3) is 3.45. The maximum atomic E-state index is 12.1. The van der Waals surface area contributed by atoms with Crippen molar-refractivity contribution in [1.82, 2.24) is 4.90 Å². The van der Waals surface area contributed by atoms with Crippen LogP contribution in [0.3, 0.4) is 0 Å². The molecule has 0 bridgehead atoms. The van der Waals surface area contributed by atoms with Crippen molar-refractivity contribution in [3.63, 3.8) is 0 Å². The Kier molecular flexibility index (Phi) is 5.03. The van der Waals surface area contributed by atoms with Gasteiger partial charge in [0.1, 0.15) is 6.10 Å². The molecule has 1 amide bonds. The van der Waals surface area contributed by atoms with Crippen molar-refractivity contribution in [3.05, 3.63) is 12.7 Å². The molecule has 0 spiro atoms. The highest BCUT2D eigenvalue weighted by molar-refractivity contribution is 5.88. The number of aliphatic hydroxyl groups excluding tert-OH is 1. The molecule has 2 aliphatic rings. The Morgan fingerprint density at radius 3 is 2.86 bits per heavy atom. The number of aliphatic hydroxyl groups is 1. The normalized spacial score (nSPS) is 32.9. The molecule has 0 aromatic rings. The molecule has 2 saturated heterocycles. The highest BCUT2D eigenvalue weighted by Crippen LogP contribution is 2.34. The van der Waals surface area contributed by atoms with Crippen LogP contribution < -0.4 is 0 Å². The van der Waals surface area contributed by atoms with Gasteiger partial charge in [0.05, 0.1) is 18.8 Å². The summed E-state index contributed by atoms with van der Waals surface area (Å²) in [5, 5.41) is 9.77. The summed E-state index contributed by atoms with van der Waals surface area (Å²) < 4.78 is 16.7. The van der Waals surface area contributed by atoms with Crippen LogP contribution in [-0.2, 0) is 19.0 Å². The first kappa shape index (κ1) is 16.4. The molecule has 21 heavy (non-hydrogen) atoms. The van der Waals surface area contributed by atoms with E-state index in [0.717, 1.165) is 0 Å². The summed E-state index contributed by atoms with van der Waals surface area (Å²) in [7, 11) is 1.53. The minimum atomic E-state index is -0.629. The number of carbonyl (C=O) groups excluding carboxylic acids is 1. The second kappa shape index (κ2) is 6.44. The van der Waals surface area contributed by atoms with E-state index in [0.29, 0.717) is 26.0 Å². The zero-order chi connectivity index (χ0) is 15.6. The number of β-lactam (4-membered cyclic amide) rings is 1. The Labute approximate surface area is 125 Å². The zero-order valence-electron chi connectivity index (χ0n) is 12.9. The SMILES string of the molecule is C=CC[C@H](O)CCN1C(=O)[C@H](OC)[C@@H]1[C@H]1COC(C)(C)O1. The first-order chi connectivity index (χ1) is 9.89. The van der Waals surface area contributed by atoms with Crippen molar-refractivity contribution >= 4 is 5.91 Å². The molecule has 0 saturated carbocycles. The van der Waals surface area contributed by atoms with Gasteiger partial charge in [-0.25, -0.2) is 0 Å². The van der Waals surface area contributed by atoms with Crippen molar-refractivity contribution < 1.29 is 24.1 Å². The van der Waals surface area contributed by atoms with Crippen molar-refractivity contribution in [3.8, 4) is 0 Å². The summed E-state index contributed by atoms with van der Waals surface area (Å²) in [6, 6.07) is -0.153. The van der Waals surface area contributed by atoms with Crippen molar-refractivity contribution in [2.75, 3.05) is 20.3 Å². The molecule has 4 atom stereocenters. The van der Waals surface area contributed by atoms with Crippen LogP contribution in [0.1, 0.15) is 26.7 Å². The van der Waals surface area contributed by atoms with Gasteiger partial charge >= 0.3 is 0 Å². The number of carbonyl (C=O) groups is 1. The van der Waals surface area contributed by atoms with Crippen molar-refractivity contribution in [2.45, 2.75) is 56.8 Å². The highest BCUT2D eigenvalue weighted by Gasteiger charge is 2.54. The van der Waals surface area contributed by atoms with E-state index < -0.39 is 18.0 Å². The lowest BCUT2D eigenvalue weighted by Crippen LogP contribution is -2.70. The second-order valence-electron chi connectivity index (χ2n) is 6.01. The lowest BCUT2D eigenvalue weighted by Gasteiger charge is -2.48. The monoisotopic (exact) mass is 299 g/mol. The lowest BCUT2D eigenvalue weighted by molar-refractivity contribution is -0.193. The van der Waals surface area contributed by atoms with Gasteiger partial charge in [0.25, 0.3) is 5.91 Å². The van der Waals surface area contributed by atoms with E-state index in [9.17, 15) is 9.90 Å². The number of likely N-dealkylation sites (tertiary alicyclic amines) is 1. The number of rotatable bonds is 7. The molecule has 1 N–H and O–H groups in total. The van der Waals surface area contributed by atoms with Gasteiger partial charge in [-0.3, -0.25) is 4.79 Å². The number of amides is 1. The van der Waals surface area contributed by atoms with E-state index in [-0.39, 0.29) is 18.1 Å². The predicted octanol–water partition coefficient (Wildman–Crippen LogP) is 0.691. The fourth-order valence-corrected chi connectivity index (χ4v) is 2.91. The average molecular weight is 299 g/mol. The number of ether oxygens (including phenoxy) is 3. The summed E-state index contributed by atoms with van der Waals surface area (Å²) in [6.45, 7) is 8.23. The first-order valence-corrected chi connectivity index (χ1v) is 7.33. The Balaban J connectivity index is 1.96. The Bertz CT molecular complexity index is 398. The molecule has 2 fully saturated rings. The summed E-state index contributed by atoms with van der Waals surface area (Å²) in [4.78, 5) is 13.8. The molecule has 0 aromatic heterocycles. The van der Waals surface area contributed by atoms with Crippen LogP contribution in [-0.4, -0.2) is 66.3 Å². The van der Waals surface area contributed by atoms with Crippen LogP contribution in [0.25, 0.3) is 0 Å². The summed E-state index contributed by atoms with van der Waals surface area (Å²) in [5.41, 5.74) is 0. The Morgan fingerprint density at radius 1 is 1.62 bits per heavy atom. The molecule has 2 aliphatic heterocycles. The maximum Gasteiger partial charge on any atom is 0.254 e. The van der Waals surface area contributed by atoms with Crippen molar-refractivity contribution in [2.24, 2.45) is 0 Å².